The number of thioether (sulfide) groups is 1. The second kappa shape index (κ2) is 7.63. The zero-order valence-electron chi connectivity index (χ0n) is 18.0. The Bertz CT molecular complexity index is 978. The van der Waals surface area contributed by atoms with E-state index in [4.69, 9.17) is 14.2 Å². The van der Waals surface area contributed by atoms with E-state index in [9.17, 15) is 24.3 Å². The van der Waals surface area contributed by atoms with Gasteiger partial charge in [-0.25, -0.2) is 4.79 Å². The average molecular weight is 452 g/mol. The van der Waals surface area contributed by atoms with Crippen LogP contribution in [0.2, 0.25) is 0 Å². The lowest BCUT2D eigenvalue weighted by molar-refractivity contribution is -0.170. The highest BCUT2D eigenvalue weighted by Gasteiger charge is 2.74. The fourth-order valence-electron chi connectivity index (χ4n) is 4.12. The topological polar surface area (TPSA) is 131 Å². The van der Waals surface area contributed by atoms with E-state index in [1.807, 2.05) is 0 Å². The number of carbonyl (C=O) groups excluding carboxylic acids is 3. The molecular formula is C20H24N2O8S. The molecule has 2 aliphatic heterocycles. The summed E-state index contributed by atoms with van der Waals surface area (Å²) in [6.45, 7) is 4.56. The van der Waals surface area contributed by atoms with E-state index in [-0.39, 0.29) is 22.8 Å². The van der Waals surface area contributed by atoms with Gasteiger partial charge in [0.05, 0.1) is 21.3 Å². The number of rotatable bonds is 7. The van der Waals surface area contributed by atoms with Gasteiger partial charge in [0.15, 0.2) is 17.3 Å². The third-order valence-electron chi connectivity index (χ3n) is 5.60. The molecule has 0 spiro atoms. The molecule has 0 unspecified atom stereocenters. The second-order valence-corrected chi connectivity index (χ2v) is 9.46. The lowest BCUT2D eigenvalue weighted by Crippen LogP contribution is -2.82. The molecule has 3 rings (SSSR count). The Morgan fingerprint density at radius 1 is 1.10 bits per heavy atom. The molecule has 168 valence electrons. The zero-order chi connectivity index (χ0) is 23.3. The molecular weight excluding hydrogens is 428 g/mol. The number of carboxylic acids is 1. The van der Waals surface area contributed by atoms with E-state index >= 15 is 0 Å². The van der Waals surface area contributed by atoms with Crippen LogP contribution < -0.4 is 19.5 Å². The maximum absolute atomic E-state index is 13.3. The summed E-state index contributed by atoms with van der Waals surface area (Å²) in [7, 11) is 4.11. The molecule has 2 heterocycles. The van der Waals surface area contributed by atoms with Gasteiger partial charge >= 0.3 is 5.97 Å². The average Bonchev–Trinajstić information content (AvgIpc) is 2.98. The summed E-state index contributed by atoms with van der Waals surface area (Å²) >= 11 is 1.16. The van der Waals surface area contributed by atoms with Gasteiger partial charge in [0.25, 0.3) is 11.8 Å². The molecule has 2 aliphatic rings. The van der Waals surface area contributed by atoms with Crippen molar-refractivity contribution in [1.29, 1.82) is 0 Å². The summed E-state index contributed by atoms with van der Waals surface area (Å²) in [4.78, 5) is 52.1. The van der Waals surface area contributed by atoms with Crippen LogP contribution >= 0.6 is 11.8 Å². The number of benzene rings is 1. The van der Waals surface area contributed by atoms with Gasteiger partial charge in [0.1, 0.15) is 22.7 Å². The Labute approximate surface area is 183 Å². The van der Waals surface area contributed by atoms with Crippen LogP contribution in [-0.2, 0) is 14.4 Å². The Morgan fingerprint density at radius 2 is 1.68 bits per heavy atom. The van der Waals surface area contributed by atoms with Crippen LogP contribution in [0.5, 0.6) is 17.2 Å². The number of hydrogen-bond donors (Lipinski definition) is 2. The van der Waals surface area contributed by atoms with Gasteiger partial charge in [0.2, 0.25) is 5.54 Å². The lowest BCUT2D eigenvalue weighted by atomic mass is 9.81. The number of fused-ring (bicyclic) bond motifs is 1. The second-order valence-electron chi connectivity index (χ2n) is 7.72. The molecule has 0 aliphatic carbocycles. The van der Waals surface area contributed by atoms with Crippen molar-refractivity contribution < 1.29 is 38.5 Å². The normalized spacial score (nSPS) is 25.9. The molecule has 0 radical (unpaired) electrons. The summed E-state index contributed by atoms with van der Waals surface area (Å²) in [5.41, 5.74) is -1.95. The summed E-state index contributed by atoms with van der Waals surface area (Å²) in [6.07, 6.45) is 0. The molecule has 31 heavy (non-hydrogen) atoms. The van der Waals surface area contributed by atoms with E-state index in [2.05, 4.69) is 5.32 Å². The molecule has 2 N–H and O–H groups in total. The van der Waals surface area contributed by atoms with Gasteiger partial charge < -0.3 is 29.5 Å². The summed E-state index contributed by atoms with van der Waals surface area (Å²) in [5.74, 6) is -2.83. The molecule has 10 nitrogen and oxygen atoms in total. The SMILES string of the molecule is COc1ccc(OC)c(C(=O)N[C@@]2(C(C)=O)C(=O)N3[C@@H](C(=O)O)C(C)(C)S[C@@H]32)c1OC. The summed E-state index contributed by atoms with van der Waals surface area (Å²) in [6, 6.07) is 1.93. The number of amides is 2. The number of hydrogen-bond acceptors (Lipinski definition) is 8. The van der Waals surface area contributed by atoms with Gasteiger partial charge in [-0.15, -0.1) is 11.8 Å². The van der Waals surface area contributed by atoms with Gasteiger partial charge in [0, 0.05) is 4.75 Å². The first kappa shape index (κ1) is 22.7. The standard InChI is InChI=1S/C20H24N2O8S/c1-9(23)20(17(27)22-14(16(25)26)19(2,3)31-18(20)22)21-15(24)12-10(28-4)7-8-11(29-5)13(12)30-6/h7-8,14,18H,1-6H3,(H,21,24)(H,25,26)/t14-,18+,20-/m0/s1. The number of ether oxygens (including phenoxy) is 3. The van der Waals surface area contributed by atoms with Gasteiger partial charge in [-0.1, -0.05) is 0 Å². The van der Waals surface area contributed by atoms with E-state index in [0.29, 0.717) is 0 Å². The van der Waals surface area contributed by atoms with Crippen molar-refractivity contribution in [3.05, 3.63) is 17.7 Å². The number of carboxylic acid groups (broad SMARTS) is 1. The third kappa shape index (κ3) is 3.10. The van der Waals surface area contributed by atoms with E-state index < -0.39 is 45.3 Å². The van der Waals surface area contributed by atoms with Crippen molar-refractivity contribution in [1.82, 2.24) is 10.2 Å². The Hall–Kier alpha value is -2.95. The first-order valence-corrected chi connectivity index (χ1v) is 10.2. The highest BCUT2D eigenvalue weighted by molar-refractivity contribution is 8.01. The van der Waals surface area contributed by atoms with Crippen molar-refractivity contribution in [2.24, 2.45) is 0 Å². The van der Waals surface area contributed by atoms with Gasteiger partial charge in [-0.2, -0.15) is 0 Å². The number of carbonyl (C=O) groups is 4. The molecule has 0 saturated carbocycles. The maximum atomic E-state index is 13.3. The van der Waals surface area contributed by atoms with Crippen LogP contribution in [0.4, 0.5) is 0 Å². The molecule has 0 bridgehead atoms. The summed E-state index contributed by atoms with van der Waals surface area (Å²) in [5, 5.41) is 11.3. The van der Waals surface area contributed by atoms with E-state index in [0.717, 1.165) is 16.7 Å². The molecule has 2 amide bonds. The van der Waals surface area contributed by atoms with E-state index in [1.165, 1.54) is 34.3 Å². The first-order chi connectivity index (χ1) is 14.5. The molecule has 3 atom stereocenters. The minimum absolute atomic E-state index is 0.0479. The van der Waals surface area contributed by atoms with Crippen molar-refractivity contribution in [2.75, 3.05) is 21.3 Å². The molecule has 0 aromatic heterocycles. The van der Waals surface area contributed by atoms with Crippen LogP contribution in [0.1, 0.15) is 31.1 Å². The van der Waals surface area contributed by atoms with Crippen LogP contribution in [-0.4, -0.2) is 76.6 Å². The number of methoxy groups -OCH3 is 3. The highest BCUT2D eigenvalue weighted by atomic mass is 32.2. The molecule has 1 aromatic carbocycles. The van der Waals surface area contributed by atoms with Crippen LogP contribution in [0, 0.1) is 0 Å². The number of nitrogens with zero attached hydrogens (tertiary/aromatic N) is 1. The van der Waals surface area contributed by atoms with Crippen LogP contribution in [0.15, 0.2) is 12.1 Å². The lowest BCUT2D eigenvalue weighted by Gasteiger charge is -2.51. The molecule has 11 heteroatoms. The fraction of sp³-hybridized carbons (Fsp3) is 0.500. The van der Waals surface area contributed by atoms with Crippen molar-refractivity contribution >= 4 is 35.3 Å². The van der Waals surface area contributed by atoms with Crippen molar-refractivity contribution in [2.45, 2.75) is 42.5 Å². The maximum Gasteiger partial charge on any atom is 0.327 e. The van der Waals surface area contributed by atoms with E-state index in [1.54, 1.807) is 19.9 Å². The number of aliphatic carboxylic acids is 1. The number of ketones is 1. The molecule has 1 aromatic rings. The van der Waals surface area contributed by atoms with Gasteiger partial charge in [-0.05, 0) is 32.9 Å². The largest absolute Gasteiger partial charge is 0.496 e. The van der Waals surface area contributed by atoms with Gasteiger partial charge in [-0.3, -0.25) is 14.4 Å². The zero-order valence-corrected chi connectivity index (χ0v) is 18.8. The Morgan fingerprint density at radius 3 is 2.16 bits per heavy atom. The van der Waals surface area contributed by atoms with Crippen molar-refractivity contribution in [3.63, 3.8) is 0 Å². The predicted octanol–water partition coefficient (Wildman–Crippen LogP) is 0.917. The fourth-order valence-corrected chi connectivity index (χ4v) is 5.87. The third-order valence-corrected chi connectivity index (χ3v) is 7.24. The highest BCUT2D eigenvalue weighted by Crippen LogP contribution is 2.55. The Kier molecular flexibility index (Phi) is 5.59. The van der Waals surface area contributed by atoms with Crippen LogP contribution in [0.3, 0.4) is 0 Å². The molecule has 2 fully saturated rings. The minimum Gasteiger partial charge on any atom is -0.496 e. The number of nitrogens with one attached hydrogen (secondary N) is 1. The van der Waals surface area contributed by atoms with Crippen LogP contribution in [0.25, 0.3) is 0 Å². The number of β-lactam (4-membered cyclic amide) rings is 1. The Balaban J connectivity index is 2.06. The molecule has 2 saturated heterocycles. The monoisotopic (exact) mass is 452 g/mol. The minimum atomic E-state index is -1.90. The van der Waals surface area contributed by atoms with Crippen molar-refractivity contribution in [3.8, 4) is 17.2 Å². The summed E-state index contributed by atoms with van der Waals surface area (Å²) < 4.78 is 15.0. The predicted molar refractivity (Wildman–Crippen MR) is 111 cm³/mol. The number of Topliss-reactive ketones (excluding diaryl/α,β-unsaturated/α-hetero) is 1. The quantitative estimate of drug-likeness (QED) is 0.458. The smallest absolute Gasteiger partial charge is 0.327 e. The first-order valence-electron chi connectivity index (χ1n) is 9.33.